The van der Waals surface area contributed by atoms with Crippen LogP contribution in [0, 0.1) is 0 Å². The van der Waals surface area contributed by atoms with E-state index in [4.69, 9.17) is 0 Å². The number of nitrogens with zero attached hydrogens (tertiary/aromatic N) is 1. The number of carbonyl (C=O) groups excluding carboxylic acids is 1. The van der Waals surface area contributed by atoms with E-state index in [-0.39, 0.29) is 4.90 Å². The summed E-state index contributed by atoms with van der Waals surface area (Å²) in [6, 6.07) is 12.4. The van der Waals surface area contributed by atoms with Gasteiger partial charge in [0, 0.05) is 14.1 Å². The first-order valence-electron chi connectivity index (χ1n) is 5.82. The van der Waals surface area contributed by atoms with Crippen LogP contribution in [0.2, 0.25) is 0 Å². The molecule has 5 heteroatoms. The van der Waals surface area contributed by atoms with Crippen molar-refractivity contribution in [1.82, 2.24) is 4.90 Å². The number of fused-ring (bicyclic) bond motifs is 1. The fourth-order valence-corrected chi connectivity index (χ4v) is 3.07. The van der Waals surface area contributed by atoms with Gasteiger partial charge in [0.25, 0.3) is 0 Å². The summed E-state index contributed by atoms with van der Waals surface area (Å²) in [5.74, 6) is -0.925. The quantitative estimate of drug-likeness (QED) is 0.858. The maximum Gasteiger partial charge on any atom is 0.237 e. The van der Waals surface area contributed by atoms with Crippen LogP contribution < -0.4 is 0 Å². The van der Waals surface area contributed by atoms with E-state index < -0.39 is 21.5 Å². The molecule has 4 nitrogen and oxygen atoms in total. The molecule has 0 aromatic heterocycles. The van der Waals surface area contributed by atoms with Gasteiger partial charge in [-0.25, -0.2) is 8.42 Å². The Hall–Kier alpha value is -1.88. The summed E-state index contributed by atoms with van der Waals surface area (Å²) in [4.78, 5) is 13.0. The second-order valence-corrected chi connectivity index (χ2v) is 6.55. The van der Waals surface area contributed by atoms with Crippen LogP contribution in [0.15, 0.2) is 47.4 Å². The standard InChI is InChI=1S/C14H15NO3S/c1-15(2)14(16)10-19(17,18)13-8-7-11-5-3-4-6-12(11)9-13/h3-9H,10H2,1-2H3. The van der Waals surface area contributed by atoms with E-state index >= 15 is 0 Å². The van der Waals surface area contributed by atoms with E-state index in [9.17, 15) is 13.2 Å². The number of hydrogen-bond donors (Lipinski definition) is 0. The maximum absolute atomic E-state index is 12.1. The summed E-state index contributed by atoms with van der Waals surface area (Å²) in [5, 5.41) is 1.82. The van der Waals surface area contributed by atoms with Gasteiger partial charge in [0.2, 0.25) is 5.91 Å². The highest BCUT2D eigenvalue weighted by atomic mass is 32.2. The summed E-state index contributed by atoms with van der Waals surface area (Å²) >= 11 is 0. The third kappa shape index (κ3) is 2.93. The Bertz CT molecular complexity index is 720. The Labute approximate surface area is 112 Å². The molecule has 0 saturated carbocycles. The molecule has 0 radical (unpaired) electrons. The number of amides is 1. The zero-order valence-corrected chi connectivity index (χ0v) is 11.6. The van der Waals surface area contributed by atoms with Crippen molar-refractivity contribution in [2.24, 2.45) is 0 Å². The van der Waals surface area contributed by atoms with Gasteiger partial charge in [-0.1, -0.05) is 30.3 Å². The Kier molecular flexibility index (Phi) is 3.57. The molecule has 0 aliphatic carbocycles. The van der Waals surface area contributed by atoms with Gasteiger partial charge in [0.15, 0.2) is 9.84 Å². The maximum atomic E-state index is 12.1. The summed E-state index contributed by atoms with van der Waals surface area (Å²) in [6.07, 6.45) is 0. The predicted molar refractivity (Wildman–Crippen MR) is 74.7 cm³/mol. The summed E-state index contributed by atoms with van der Waals surface area (Å²) in [5.41, 5.74) is 0. The van der Waals surface area contributed by atoms with E-state index in [0.29, 0.717) is 0 Å². The van der Waals surface area contributed by atoms with Crippen molar-refractivity contribution >= 4 is 26.5 Å². The van der Waals surface area contributed by atoms with E-state index in [1.54, 1.807) is 18.2 Å². The lowest BCUT2D eigenvalue weighted by atomic mass is 10.1. The van der Waals surface area contributed by atoms with Gasteiger partial charge >= 0.3 is 0 Å². The first-order chi connectivity index (χ1) is 8.90. The van der Waals surface area contributed by atoms with E-state index in [1.807, 2.05) is 24.3 Å². The van der Waals surface area contributed by atoms with Gasteiger partial charge in [-0.3, -0.25) is 4.79 Å². The lowest BCUT2D eigenvalue weighted by Gasteiger charge is -2.11. The fraction of sp³-hybridized carbons (Fsp3) is 0.214. The monoisotopic (exact) mass is 277 g/mol. The van der Waals surface area contributed by atoms with Gasteiger partial charge in [-0.15, -0.1) is 0 Å². The van der Waals surface area contributed by atoms with Crippen molar-refractivity contribution in [1.29, 1.82) is 0 Å². The predicted octanol–water partition coefficient (Wildman–Crippen LogP) is 1.70. The zero-order chi connectivity index (χ0) is 14.0. The number of carbonyl (C=O) groups is 1. The zero-order valence-electron chi connectivity index (χ0n) is 10.8. The fourth-order valence-electron chi connectivity index (χ4n) is 1.74. The molecular formula is C14H15NO3S. The highest BCUT2D eigenvalue weighted by Gasteiger charge is 2.20. The van der Waals surface area contributed by atoms with Gasteiger partial charge in [-0.2, -0.15) is 0 Å². The molecular weight excluding hydrogens is 262 g/mol. The summed E-state index contributed by atoms with van der Waals surface area (Å²) in [7, 11) is -0.507. The Balaban J connectivity index is 2.40. The molecule has 100 valence electrons. The average Bonchev–Trinajstić information content (AvgIpc) is 2.37. The lowest BCUT2D eigenvalue weighted by molar-refractivity contribution is -0.125. The van der Waals surface area contributed by atoms with Crippen molar-refractivity contribution in [3.05, 3.63) is 42.5 Å². The minimum absolute atomic E-state index is 0.182. The van der Waals surface area contributed by atoms with Crippen LogP contribution in [-0.2, 0) is 14.6 Å². The van der Waals surface area contributed by atoms with Crippen molar-refractivity contribution in [3.8, 4) is 0 Å². The Morgan fingerprint density at radius 1 is 1.05 bits per heavy atom. The van der Waals surface area contributed by atoms with E-state index in [1.165, 1.54) is 19.0 Å². The Morgan fingerprint density at radius 3 is 2.32 bits per heavy atom. The van der Waals surface area contributed by atoms with Crippen molar-refractivity contribution in [2.45, 2.75) is 4.90 Å². The number of sulfone groups is 1. The molecule has 0 atom stereocenters. The topological polar surface area (TPSA) is 54.5 Å². The smallest absolute Gasteiger partial charge is 0.237 e. The number of hydrogen-bond acceptors (Lipinski definition) is 3. The average molecular weight is 277 g/mol. The molecule has 0 aliphatic heterocycles. The van der Waals surface area contributed by atoms with Crippen LogP contribution in [0.1, 0.15) is 0 Å². The minimum Gasteiger partial charge on any atom is -0.348 e. The molecule has 0 saturated heterocycles. The number of rotatable bonds is 3. The van der Waals surface area contributed by atoms with Gasteiger partial charge < -0.3 is 4.90 Å². The van der Waals surface area contributed by atoms with Crippen molar-refractivity contribution < 1.29 is 13.2 Å². The van der Waals surface area contributed by atoms with Crippen LogP contribution in [0.4, 0.5) is 0 Å². The third-order valence-corrected chi connectivity index (χ3v) is 4.49. The largest absolute Gasteiger partial charge is 0.348 e. The van der Waals surface area contributed by atoms with Crippen LogP contribution >= 0.6 is 0 Å². The second-order valence-electron chi connectivity index (χ2n) is 4.56. The minimum atomic E-state index is -3.59. The van der Waals surface area contributed by atoms with Crippen LogP contribution in [0.5, 0.6) is 0 Å². The van der Waals surface area contributed by atoms with Crippen LogP contribution in [0.3, 0.4) is 0 Å². The second kappa shape index (κ2) is 5.01. The summed E-state index contributed by atoms with van der Waals surface area (Å²) in [6.45, 7) is 0. The van der Waals surface area contributed by atoms with Gasteiger partial charge in [0.05, 0.1) is 4.90 Å². The molecule has 0 N–H and O–H groups in total. The molecule has 2 aromatic rings. The van der Waals surface area contributed by atoms with Gasteiger partial charge in [-0.05, 0) is 22.9 Å². The number of benzene rings is 2. The molecule has 2 aromatic carbocycles. The molecule has 0 aliphatic rings. The first-order valence-corrected chi connectivity index (χ1v) is 7.47. The van der Waals surface area contributed by atoms with Crippen molar-refractivity contribution in [2.75, 3.05) is 19.8 Å². The molecule has 19 heavy (non-hydrogen) atoms. The SMILES string of the molecule is CN(C)C(=O)CS(=O)(=O)c1ccc2ccccc2c1. The molecule has 0 unspecified atom stereocenters. The molecule has 2 rings (SSSR count). The molecule has 0 fully saturated rings. The van der Waals surface area contributed by atoms with Crippen molar-refractivity contribution in [3.63, 3.8) is 0 Å². The third-order valence-electron chi connectivity index (χ3n) is 2.89. The first kappa shape index (κ1) is 13.5. The summed E-state index contributed by atoms with van der Waals surface area (Å²) < 4.78 is 24.3. The molecule has 0 heterocycles. The normalized spacial score (nSPS) is 11.5. The molecule has 0 spiro atoms. The highest BCUT2D eigenvalue weighted by Crippen LogP contribution is 2.19. The highest BCUT2D eigenvalue weighted by molar-refractivity contribution is 7.92. The van der Waals surface area contributed by atoms with Crippen LogP contribution in [-0.4, -0.2) is 39.1 Å². The van der Waals surface area contributed by atoms with Crippen LogP contribution in [0.25, 0.3) is 10.8 Å². The van der Waals surface area contributed by atoms with E-state index in [0.717, 1.165) is 10.8 Å². The molecule has 1 amide bonds. The molecule has 0 bridgehead atoms. The Morgan fingerprint density at radius 2 is 1.68 bits per heavy atom. The van der Waals surface area contributed by atoms with E-state index in [2.05, 4.69) is 0 Å². The lowest BCUT2D eigenvalue weighted by Crippen LogP contribution is -2.29. The van der Waals surface area contributed by atoms with Gasteiger partial charge in [0.1, 0.15) is 5.75 Å².